The van der Waals surface area contributed by atoms with E-state index in [1.54, 1.807) is 0 Å². The van der Waals surface area contributed by atoms with E-state index in [9.17, 15) is 0 Å². The Labute approximate surface area is 100 Å². The molecule has 0 bridgehead atoms. The quantitative estimate of drug-likeness (QED) is 0.745. The zero-order valence-corrected chi connectivity index (χ0v) is 11.6. The second-order valence-electron chi connectivity index (χ2n) is 4.69. The monoisotopic (exact) mass is 219 g/mol. The van der Waals surface area contributed by atoms with Crippen molar-refractivity contribution in [1.82, 2.24) is 4.90 Å². The summed E-state index contributed by atoms with van der Waals surface area (Å²) in [5, 5.41) is 0. The number of hydrogen-bond donors (Lipinski definition) is 0. The minimum absolute atomic E-state index is 1.08. The number of aryl methyl sites for hydroxylation is 1. The molecule has 0 radical (unpaired) electrons. The first kappa shape index (κ1) is 13.2. The Morgan fingerprint density at radius 3 is 1.94 bits per heavy atom. The van der Waals surface area contributed by atoms with Gasteiger partial charge in [0.15, 0.2) is 0 Å². The van der Waals surface area contributed by atoms with Crippen LogP contribution in [0.2, 0.25) is 0 Å². The summed E-state index contributed by atoms with van der Waals surface area (Å²) < 4.78 is 0. The predicted octanol–water partition coefficient (Wildman–Crippen LogP) is 3.76. The van der Waals surface area contributed by atoms with Crippen molar-refractivity contribution in [2.75, 3.05) is 13.1 Å². The first-order valence-corrected chi connectivity index (χ1v) is 6.29. The first-order valence-electron chi connectivity index (χ1n) is 6.29. The van der Waals surface area contributed by atoms with Crippen LogP contribution in [0.3, 0.4) is 0 Å². The van der Waals surface area contributed by atoms with E-state index >= 15 is 0 Å². The topological polar surface area (TPSA) is 3.24 Å². The normalized spacial score (nSPS) is 11.2. The van der Waals surface area contributed by atoms with Gasteiger partial charge in [0.05, 0.1) is 0 Å². The van der Waals surface area contributed by atoms with E-state index in [-0.39, 0.29) is 0 Å². The minimum Gasteiger partial charge on any atom is -0.300 e. The van der Waals surface area contributed by atoms with Gasteiger partial charge < -0.3 is 0 Å². The van der Waals surface area contributed by atoms with Crippen molar-refractivity contribution >= 4 is 0 Å². The molecule has 0 aliphatic carbocycles. The predicted molar refractivity (Wildman–Crippen MR) is 72.0 cm³/mol. The van der Waals surface area contributed by atoms with Crippen LogP contribution in [-0.4, -0.2) is 18.0 Å². The van der Waals surface area contributed by atoms with E-state index in [1.807, 2.05) is 0 Å². The summed E-state index contributed by atoms with van der Waals surface area (Å²) in [5.74, 6) is 0. The highest BCUT2D eigenvalue weighted by Gasteiger charge is 2.09. The second-order valence-corrected chi connectivity index (χ2v) is 4.69. The molecule has 0 aliphatic rings. The Bertz CT molecular complexity index is 362. The van der Waals surface area contributed by atoms with Crippen molar-refractivity contribution in [3.63, 3.8) is 0 Å². The molecule has 90 valence electrons. The van der Waals surface area contributed by atoms with Gasteiger partial charge in [-0.05, 0) is 68.6 Å². The molecular formula is C15H25N. The first-order chi connectivity index (χ1) is 7.51. The van der Waals surface area contributed by atoms with Crippen molar-refractivity contribution < 1.29 is 0 Å². The Kier molecular flexibility index (Phi) is 4.55. The van der Waals surface area contributed by atoms with Crippen LogP contribution in [0, 0.1) is 27.7 Å². The summed E-state index contributed by atoms with van der Waals surface area (Å²) in [7, 11) is 0. The Morgan fingerprint density at radius 2 is 1.44 bits per heavy atom. The maximum absolute atomic E-state index is 2.47. The molecule has 0 spiro atoms. The molecule has 0 fully saturated rings. The number of rotatable bonds is 4. The maximum Gasteiger partial charge on any atom is 0.0236 e. The van der Waals surface area contributed by atoms with Gasteiger partial charge in [-0.15, -0.1) is 0 Å². The van der Waals surface area contributed by atoms with Crippen LogP contribution >= 0.6 is 0 Å². The lowest BCUT2D eigenvalue weighted by atomic mass is 9.94. The van der Waals surface area contributed by atoms with Gasteiger partial charge in [-0.2, -0.15) is 0 Å². The summed E-state index contributed by atoms with van der Waals surface area (Å²) in [6.07, 6.45) is 0. The molecule has 1 aromatic carbocycles. The average molecular weight is 219 g/mol. The summed E-state index contributed by atoms with van der Waals surface area (Å²) in [6, 6.07) is 2.36. The molecule has 0 aliphatic heterocycles. The van der Waals surface area contributed by atoms with Gasteiger partial charge in [0.1, 0.15) is 0 Å². The molecule has 0 saturated carbocycles. The molecule has 0 atom stereocenters. The third-order valence-corrected chi connectivity index (χ3v) is 3.88. The number of benzene rings is 1. The molecule has 0 N–H and O–H groups in total. The van der Waals surface area contributed by atoms with E-state index in [0.717, 1.165) is 19.6 Å². The number of nitrogens with zero attached hydrogens (tertiary/aromatic N) is 1. The van der Waals surface area contributed by atoms with Crippen molar-refractivity contribution in [2.24, 2.45) is 0 Å². The fourth-order valence-corrected chi connectivity index (χ4v) is 2.15. The smallest absolute Gasteiger partial charge is 0.0236 e. The minimum atomic E-state index is 1.08. The van der Waals surface area contributed by atoms with E-state index in [0.29, 0.717) is 0 Å². The molecular weight excluding hydrogens is 194 g/mol. The fourth-order valence-electron chi connectivity index (χ4n) is 2.15. The molecule has 0 amide bonds. The van der Waals surface area contributed by atoms with Crippen LogP contribution < -0.4 is 0 Å². The van der Waals surface area contributed by atoms with Gasteiger partial charge in [-0.1, -0.05) is 19.9 Å². The van der Waals surface area contributed by atoms with Crippen LogP contribution in [0.1, 0.15) is 41.7 Å². The third kappa shape index (κ3) is 2.65. The largest absolute Gasteiger partial charge is 0.300 e. The maximum atomic E-state index is 2.47. The van der Waals surface area contributed by atoms with Crippen molar-refractivity contribution in [3.05, 3.63) is 33.9 Å². The van der Waals surface area contributed by atoms with Gasteiger partial charge in [-0.25, -0.2) is 0 Å². The standard InChI is InChI=1S/C15H25N/c1-7-16(8-2)10-15-9-11(3)12(4)13(5)14(15)6/h9H,7-8,10H2,1-6H3. The Balaban J connectivity index is 3.05. The highest BCUT2D eigenvalue weighted by molar-refractivity contribution is 5.43. The van der Waals surface area contributed by atoms with Crippen molar-refractivity contribution in [1.29, 1.82) is 0 Å². The zero-order chi connectivity index (χ0) is 12.3. The summed E-state index contributed by atoms with van der Waals surface area (Å²) >= 11 is 0. The van der Waals surface area contributed by atoms with Gasteiger partial charge in [-0.3, -0.25) is 4.90 Å². The van der Waals surface area contributed by atoms with Crippen LogP contribution in [0.15, 0.2) is 6.07 Å². The van der Waals surface area contributed by atoms with Crippen LogP contribution in [0.5, 0.6) is 0 Å². The molecule has 1 rings (SSSR count). The van der Waals surface area contributed by atoms with Gasteiger partial charge in [0.2, 0.25) is 0 Å². The molecule has 0 aromatic heterocycles. The highest BCUT2D eigenvalue weighted by Crippen LogP contribution is 2.22. The zero-order valence-electron chi connectivity index (χ0n) is 11.6. The van der Waals surface area contributed by atoms with Gasteiger partial charge >= 0.3 is 0 Å². The van der Waals surface area contributed by atoms with E-state index in [1.165, 1.54) is 27.8 Å². The average Bonchev–Trinajstić information content (AvgIpc) is 2.29. The van der Waals surface area contributed by atoms with E-state index in [2.05, 4.69) is 52.5 Å². The molecule has 0 unspecified atom stereocenters. The highest BCUT2D eigenvalue weighted by atomic mass is 15.1. The van der Waals surface area contributed by atoms with Crippen LogP contribution in [0.25, 0.3) is 0 Å². The molecule has 1 aromatic rings. The second kappa shape index (κ2) is 5.49. The fraction of sp³-hybridized carbons (Fsp3) is 0.600. The molecule has 1 nitrogen and oxygen atoms in total. The Hall–Kier alpha value is -0.820. The lowest BCUT2D eigenvalue weighted by Gasteiger charge is -2.21. The lowest BCUT2D eigenvalue weighted by molar-refractivity contribution is 0.295. The molecule has 16 heavy (non-hydrogen) atoms. The molecule has 1 heteroatoms. The SMILES string of the molecule is CCN(CC)Cc1cc(C)c(C)c(C)c1C. The lowest BCUT2D eigenvalue weighted by Crippen LogP contribution is -2.23. The van der Waals surface area contributed by atoms with Crippen molar-refractivity contribution in [2.45, 2.75) is 48.1 Å². The van der Waals surface area contributed by atoms with Crippen LogP contribution in [0.4, 0.5) is 0 Å². The van der Waals surface area contributed by atoms with Crippen molar-refractivity contribution in [3.8, 4) is 0 Å². The summed E-state index contributed by atoms with van der Waals surface area (Å²) in [5.41, 5.74) is 7.28. The van der Waals surface area contributed by atoms with Gasteiger partial charge in [0.25, 0.3) is 0 Å². The van der Waals surface area contributed by atoms with E-state index in [4.69, 9.17) is 0 Å². The van der Waals surface area contributed by atoms with E-state index < -0.39 is 0 Å². The molecule has 0 saturated heterocycles. The Morgan fingerprint density at radius 1 is 0.875 bits per heavy atom. The molecule has 0 heterocycles. The number of hydrogen-bond acceptors (Lipinski definition) is 1. The summed E-state index contributed by atoms with van der Waals surface area (Å²) in [4.78, 5) is 2.47. The third-order valence-electron chi connectivity index (χ3n) is 3.88. The van der Waals surface area contributed by atoms with Gasteiger partial charge in [0, 0.05) is 6.54 Å². The van der Waals surface area contributed by atoms with Crippen LogP contribution in [-0.2, 0) is 6.54 Å². The summed E-state index contributed by atoms with van der Waals surface area (Å²) in [6.45, 7) is 16.7.